The average Bonchev–Trinajstić information content (AvgIpc) is 2.46. The Hall–Kier alpha value is -1.17. The topological polar surface area (TPSA) is 66.9 Å². The van der Waals surface area contributed by atoms with Gasteiger partial charge >= 0.3 is 6.03 Å². The summed E-state index contributed by atoms with van der Waals surface area (Å²) in [5.41, 5.74) is 0.875. The fourth-order valence-corrected chi connectivity index (χ4v) is 1.46. The molecule has 5 nitrogen and oxygen atoms in total. The molecule has 6 heteroatoms. The van der Waals surface area contributed by atoms with E-state index >= 15 is 0 Å². The summed E-state index contributed by atoms with van der Waals surface area (Å²) >= 11 is 1.31. The quantitative estimate of drug-likeness (QED) is 0.790. The van der Waals surface area contributed by atoms with Gasteiger partial charge in [0.25, 0.3) is 0 Å². The zero-order valence-electron chi connectivity index (χ0n) is 8.50. The van der Waals surface area contributed by atoms with Gasteiger partial charge in [0.1, 0.15) is 0 Å². The smallest absolute Gasteiger partial charge is 0.315 e. The van der Waals surface area contributed by atoms with Crippen molar-refractivity contribution < 1.29 is 4.79 Å². The first-order chi connectivity index (χ1) is 6.59. The van der Waals surface area contributed by atoms with Gasteiger partial charge in [-0.1, -0.05) is 4.49 Å². The van der Waals surface area contributed by atoms with Crippen molar-refractivity contribution in [3.63, 3.8) is 0 Å². The van der Waals surface area contributed by atoms with Crippen molar-refractivity contribution >= 4 is 17.6 Å². The maximum atomic E-state index is 11.2. The third-order valence-electron chi connectivity index (χ3n) is 1.57. The van der Waals surface area contributed by atoms with E-state index in [1.807, 2.05) is 20.8 Å². The van der Waals surface area contributed by atoms with Gasteiger partial charge in [0.15, 0.2) is 0 Å². The van der Waals surface area contributed by atoms with Crippen LogP contribution in [0, 0.1) is 6.92 Å². The van der Waals surface area contributed by atoms with Crippen molar-refractivity contribution in [3.05, 3.63) is 10.6 Å². The average molecular weight is 214 g/mol. The molecular weight excluding hydrogens is 200 g/mol. The highest BCUT2D eigenvalue weighted by Crippen LogP contribution is 2.07. The van der Waals surface area contributed by atoms with E-state index in [2.05, 4.69) is 20.2 Å². The summed E-state index contributed by atoms with van der Waals surface area (Å²) in [5, 5.41) is 9.33. The van der Waals surface area contributed by atoms with Crippen LogP contribution in [0.4, 0.5) is 4.79 Å². The van der Waals surface area contributed by atoms with Crippen molar-refractivity contribution in [3.8, 4) is 0 Å². The summed E-state index contributed by atoms with van der Waals surface area (Å²) in [6, 6.07) is -0.0107. The second-order valence-corrected chi connectivity index (χ2v) is 4.10. The lowest BCUT2D eigenvalue weighted by atomic mass is 10.4. The zero-order valence-corrected chi connectivity index (χ0v) is 9.31. The summed E-state index contributed by atoms with van der Waals surface area (Å²) in [7, 11) is 0. The van der Waals surface area contributed by atoms with Crippen molar-refractivity contribution in [1.82, 2.24) is 20.2 Å². The molecule has 14 heavy (non-hydrogen) atoms. The highest BCUT2D eigenvalue weighted by molar-refractivity contribution is 7.05. The number of carbonyl (C=O) groups is 1. The van der Waals surface area contributed by atoms with Crippen molar-refractivity contribution in [2.24, 2.45) is 0 Å². The fourth-order valence-electron chi connectivity index (χ4n) is 0.887. The molecule has 2 N–H and O–H groups in total. The molecule has 0 aliphatic heterocycles. The molecule has 1 aromatic heterocycles. The Morgan fingerprint density at radius 3 is 2.79 bits per heavy atom. The number of aromatic nitrogens is 2. The predicted molar refractivity (Wildman–Crippen MR) is 55.2 cm³/mol. The molecule has 0 fully saturated rings. The second kappa shape index (κ2) is 4.90. The Labute approximate surface area is 87.1 Å². The van der Waals surface area contributed by atoms with E-state index < -0.39 is 0 Å². The van der Waals surface area contributed by atoms with Crippen molar-refractivity contribution in [2.45, 2.75) is 33.4 Å². The van der Waals surface area contributed by atoms with Gasteiger partial charge in [0.05, 0.1) is 17.1 Å². The van der Waals surface area contributed by atoms with E-state index in [-0.39, 0.29) is 12.1 Å². The van der Waals surface area contributed by atoms with E-state index in [9.17, 15) is 4.79 Å². The Morgan fingerprint density at radius 1 is 1.57 bits per heavy atom. The molecule has 0 aliphatic rings. The van der Waals surface area contributed by atoms with Crippen LogP contribution in [0.5, 0.6) is 0 Å². The van der Waals surface area contributed by atoms with Gasteiger partial charge < -0.3 is 10.6 Å². The van der Waals surface area contributed by atoms with Gasteiger partial charge in [-0.15, -0.1) is 5.10 Å². The largest absolute Gasteiger partial charge is 0.336 e. The van der Waals surface area contributed by atoms with E-state index in [0.717, 1.165) is 10.6 Å². The Bertz CT molecular complexity index is 310. The molecular formula is C8H14N4OS. The first-order valence-electron chi connectivity index (χ1n) is 4.41. The number of amides is 2. The molecule has 0 radical (unpaired) electrons. The maximum Gasteiger partial charge on any atom is 0.315 e. The van der Waals surface area contributed by atoms with E-state index in [1.165, 1.54) is 11.5 Å². The van der Waals surface area contributed by atoms with Crippen LogP contribution in [0.25, 0.3) is 0 Å². The molecule has 0 saturated heterocycles. The minimum absolute atomic E-state index is 0.149. The van der Waals surface area contributed by atoms with Gasteiger partial charge in [-0.05, 0) is 32.3 Å². The van der Waals surface area contributed by atoms with E-state index in [1.54, 1.807) is 0 Å². The number of hydrogen-bond acceptors (Lipinski definition) is 4. The molecule has 0 atom stereocenters. The lowest BCUT2D eigenvalue weighted by Crippen LogP contribution is -2.38. The van der Waals surface area contributed by atoms with Crippen molar-refractivity contribution in [2.75, 3.05) is 0 Å². The van der Waals surface area contributed by atoms with E-state index in [4.69, 9.17) is 0 Å². The van der Waals surface area contributed by atoms with Gasteiger partial charge in [-0.25, -0.2) is 4.79 Å². The van der Waals surface area contributed by atoms with Gasteiger partial charge in [-0.2, -0.15) is 0 Å². The molecule has 0 aliphatic carbocycles. The van der Waals surface area contributed by atoms with Gasteiger partial charge in [-0.3, -0.25) is 0 Å². The molecule has 0 unspecified atom stereocenters. The molecule has 1 aromatic rings. The van der Waals surface area contributed by atoms with Crippen LogP contribution in [-0.4, -0.2) is 21.7 Å². The predicted octanol–water partition coefficient (Wildman–Crippen LogP) is 1.05. The van der Waals surface area contributed by atoms with Crippen LogP contribution in [0.3, 0.4) is 0 Å². The molecule has 0 bridgehead atoms. The van der Waals surface area contributed by atoms with E-state index in [0.29, 0.717) is 6.54 Å². The van der Waals surface area contributed by atoms with Crippen LogP contribution < -0.4 is 10.6 Å². The summed E-state index contributed by atoms with van der Waals surface area (Å²) in [6.07, 6.45) is 0. The summed E-state index contributed by atoms with van der Waals surface area (Å²) in [4.78, 5) is 12.2. The van der Waals surface area contributed by atoms with Crippen LogP contribution in [0.1, 0.15) is 24.4 Å². The molecule has 78 valence electrons. The first kappa shape index (κ1) is 10.9. The van der Waals surface area contributed by atoms with Crippen LogP contribution in [-0.2, 0) is 6.54 Å². The number of urea groups is 1. The monoisotopic (exact) mass is 214 g/mol. The molecule has 0 aromatic carbocycles. The Balaban J connectivity index is 2.34. The minimum atomic E-state index is -0.159. The molecule has 1 heterocycles. The highest BCUT2D eigenvalue weighted by Gasteiger charge is 2.05. The lowest BCUT2D eigenvalue weighted by molar-refractivity contribution is 0.238. The Kier molecular flexibility index (Phi) is 3.82. The third-order valence-corrected chi connectivity index (χ3v) is 2.40. The fraction of sp³-hybridized carbons (Fsp3) is 0.625. The minimum Gasteiger partial charge on any atom is -0.336 e. The SMILES string of the molecule is Cc1nnsc1CNC(=O)NC(C)C. The lowest BCUT2D eigenvalue weighted by Gasteiger charge is -2.08. The van der Waals surface area contributed by atoms with Crippen LogP contribution in [0.15, 0.2) is 0 Å². The summed E-state index contributed by atoms with van der Waals surface area (Å²) < 4.78 is 3.78. The Morgan fingerprint density at radius 2 is 2.29 bits per heavy atom. The molecule has 2 amide bonds. The number of hydrogen-bond donors (Lipinski definition) is 2. The number of aryl methyl sites for hydroxylation is 1. The maximum absolute atomic E-state index is 11.2. The van der Waals surface area contributed by atoms with Crippen molar-refractivity contribution in [1.29, 1.82) is 0 Å². The number of rotatable bonds is 3. The summed E-state index contributed by atoms with van der Waals surface area (Å²) in [5.74, 6) is 0. The second-order valence-electron chi connectivity index (χ2n) is 3.26. The number of nitrogens with zero attached hydrogens (tertiary/aromatic N) is 2. The highest BCUT2D eigenvalue weighted by atomic mass is 32.1. The van der Waals surface area contributed by atoms with Crippen LogP contribution >= 0.6 is 11.5 Å². The number of carbonyl (C=O) groups excluding carboxylic acids is 1. The first-order valence-corrected chi connectivity index (χ1v) is 5.19. The molecule has 0 saturated carbocycles. The van der Waals surface area contributed by atoms with Gasteiger partial charge in [0, 0.05) is 6.04 Å². The summed E-state index contributed by atoms with van der Waals surface area (Å²) in [6.45, 7) is 6.20. The normalized spacial score (nSPS) is 10.3. The standard InChI is InChI=1S/C8H14N4OS/c1-5(2)10-8(13)9-4-7-6(3)11-12-14-7/h5H,4H2,1-3H3,(H2,9,10,13). The number of nitrogens with one attached hydrogen (secondary N) is 2. The molecule has 0 spiro atoms. The van der Waals surface area contributed by atoms with Crippen LogP contribution in [0.2, 0.25) is 0 Å². The van der Waals surface area contributed by atoms with Gasteiger partial charge in [0.2, 0.25) is 0 Å². The molecule has 1 rings (SSSR count). The zero-order chi connectivity index (χ0) is 10.6. The third kappa shape index (κ3) is 3.29.